The molecule has 0 atom stereocenters. The first-order chi connectivity index (χ1) is 13.9. The minimum Gasteiger partial charge on any atom is -0.456 e. The lowest BCUT2D eigenvalue weighted by Crippen LogP contribution is -2.35. The van der Waals surface area contributed by atoms with E-state index in [4.69, 9.17) is 20.9 Å². The van der Waals surface area contributed by atoms with Crippen molar-refractivity contribution in [2.45, 2.75) is 12.8 Å². The molecule has 0 aliphatic carbocycles. The Morgan fingerprint density at radius 1 is 1.21 bits per heavy atom. The minimum absolute atomic E-state index is 0.0543. The van der Waals surface area contributed by atoms with Crippen molar-refractivity contribution in [2.75, 3.05) is 6.61 Å². The zero-order valence-electron chi connectivity index (χ0n) is 15.4. The Bertz CT molecular complexity index is 1030. The molecule has 0 saturated carbocycles. The maximum Gasteiger partial charge on any atom is 0.306 e. The summed E-state index contributed by atoms with van der Waals surface area (Å²) in [6.07, 6.45) is 1.78. The van der Waals surface area contributed by atoms with E-state index in [2.05, 4.69) is 15.5 Å². The Morgan fingerprint density at radius 3 is 2.66 bits per heavy atom. The maximum absolute atomic E-state index is 11.9. The van der Waals surface area contributed by atoms with Crippen LogP contribution in [0.25, 0.3) is 11.4 Å². The number of amides is 2. The van der Waals surface area contributed by atoms with Crippen molar-refractivity contribution in [3.8, 4) is 11.4 Å². The third-order valence-electron chi connectivity index (χ3n) is 3.91. The molecule has 150 valence electrons. The zero-order chi connectivity index (χ0) is 20.8. The Kier molecular flexibility index (Phi) is 6.40. The predicted molar refractivity (Wildman–Crippen MR) is 102 cm³/mol. The highest BCUT2D eigenvalue weighted by atomic mass is 35.5. The molecule has 1 N–H and O–H groups in total. The molecule has 9 nitrogen and oxygen atoms in total. The van der Waals surface area contributed by atoms with Crippen molar-refractivity contribution in [3.05, 3.63) is 59.2 Å². The lowest BCUT2D eigenvalue weighted by atomic mass is 10.2. The van der Waals surface area contributed by atoms with E-state index in [1.54, 1.807) is 54.2 Å². The number of aryl methyl sites for hydroxylation is 2. The van der Waals surface area contributed by atoms with Gasteiger partial charge in [-0.05, 0) is 36.4 Å². The largest absolute Gasteiger partial charge is 0.456 e. The highest BCUT2D eigenvalue weighted by molar-refractivity contribution is 6.30. The molecular weight excluding hydrogens is 400 g/mol. The molecule has 0 fully saturated rings. The van der Waals surface area contributed by atoms with Crippen molar-refractivity contribution in [2.24, 2.45) is 7.05 Å². The molecule has 2 heterocycles. The minimum atomic E-state index is -0.715. The number of halogens is 1. The molecule has 0 bridgehead atoms. The molecule has 0 radical (unpaired) electrons. The number of carbonyl (C=O) groups is 3. The molecule has 3 rings (SSSR count). The van der Waals surface area contributed by atoms with Gasteiger partial charge in [-0.3, -0.25) is 19.7 Å². The van der Waals surface area contributed by atoms with Gasteiger partial charge >= 0.3 is 5.97 Å². The van der Waals surface area contributed by atoms with Crippen LogP contribution in [-0.2, 0) is 27.8 Å². The normalized spacial score (nSPS) is 10.6. The highest BCUT2D eigenvalue weighted by Gasteiger charge is 2.15. The summed E-state index contributed by atoms with van der Waals surface area (Å²) in [5, 5.41) is 6.59. The van der Waals surface area contributed by atoms with Gasteiger partial charge in [0.2, 0.25) is 11.7 Å². The van der Waals surface area contributed by atoms with E-state index in [9.17, 15) is 14.4 Å². The van der Waals surface area contributed by atoms with E-state index in [1.165, 1.54) is 0 Å². The van der Waals surface area contributed by atoms with Crippen LogP contribution < -0.4 is 5.32 Å². The fraction of sp³-hybridized carbons (Fsp3) is 0.211. The number of nitrogens with zero attached hydrogens (tertiary/aromatic N) is 3. The van der Waals surface area contributed by atoms with Gasteiger partial charge in [-0.2, -0.15) is 4.98 Å². The summed E-state index contributed by atoms with van der Waals surface area (Å²) in [7, 11) is 1.68. The summed E-state index contributed by atoms with van der Waals surface area (Å²) in [4.78, 5) is 39.7. The van der Waals surface area contributed by atoms with Crippen LogP contribution in [0.5, 0.6) is 0 Å². The molecule has 0 spiro atoms. The number of ether oxygens (including phenoxy) is 1. The Labute approximate surface area is 170 Å². The number of aromatic nitrogens is 3. The molecule has 2 amide bonds. The lowest BCUT2D eigenvalue weighted by molar-refractivity contribution is -0.148. The van der Waals surface area contributed by atoms with Crippen LogP contribution in [0.1, 0.15) is 22.8 Å². The van der Waals surface area contributed by atoms with Gasteiger partial charge in [-0.25, -0.2) is 0 Å². The smallest absolute Gasteiger partial charge is 0.306 e. The fourth-order valence-electron chi connectivity index (χ4n) is 2.42. The number of carbonyl (C=O) groups excluding carboxylic acids is 3. The van der Waals surface area contributed by atoms with Gasteiger partial charge in [0.25, 0.3) is 11.8 Å². The number of benzene rings is 1. The van der Waals surface area contributed by atoms with Crippen LogP contribution >= 0.6 is 11.6 Å². The number of rotatable bonds is 7. The molecule has 3 aromatic rings. The third kappa shape index (κ3) is 5.52. The monoisotopic (exact) mass is 416 g/mol. The van der Waals surface area contributed by atoms with E-state index in [0.717, 1.165) is 5.56 Å². The number of imide groups is 1. The van der Waals surface area contributed by atoms with Gasteiger partial charge in [0.1, 0.15) is 5.69 Å². The second kappa shape index (κ2) is 9.16. The van der Waals surface area contributed by atoms with Gasteiger partial charge in [0, 0.05) is 30.3 Å². The summed E-state index contributed by atoms with van der Waals surface area (Å²) >= 11 is 5.84. The van der Waals surface area contributed by atoms with Crippen molar-refractivity contribution >= 4 is 29.4 Å². The lowest BCUT2D eigenvalue weighted by Gasteiger charge is -2.06. The SMILES string of the molecule is Cn1cccc1C(=O)NC(=O)COC(=O)CCc1nc(-c2ccc(Cl)cc2)no1. The van der Waals surface area contributed by atoms with Crippen molar-refractivity contribution in [1.29, 1.82) is 0 Å². The molecule has 29 heavy (non-hydrogen) atoms. The van der Waals surface area contributed by atoms with E-state index in [1.807, 2.05) is 0 Å². The summed E-state index contributed by atoms with van der Waals surface area (Å²) in [5.41, 5.74) is 1.05. The third-order valence-corrected chi connectivity index (χ3v) is 4.16. The Morgan fingerprint density at radius 2 is 1.97 bits per heavy atom. The van der Waals surface area contributed by atoms with Crippen LogP contribution in [0.3, 0.4) is 0 Å². The van der Waals surface area contributed by atoms with Crippen molar-refractivity contribution in [1.82, 2.24) is 20.0 Å². The van der Waals surface area contributed by atoms with E-state index < -0.39 is 24.4 Å². The summed E-state index contributed by atoms with van der Waals surface area (Å²) < 4.78 is 11.5. The summed E-state index contributed by atoms with van der Waals surface area (Å²) in [6.45, 7) is -0.561. The summed E-state index contributed by atoms with van der Waals surface area (Å²) in [6, 6.07) is 10.2. The predicted octanol–water partition coefficient (Wildman–Crippen LogP) is 2.16. The van der Waals surface area contributed by atoms with Crippen LogP contribution in [-0.4, -0.2) is 39.1 Å². The molecule has 0 aliphatic heterocycles. The summed E-state index contributed by atoms with van der Waals surface area (Å²) in [5.74, 6) is -1.27. The van der Waals surface area contributed by atoms with Gasteiger partial charge < -0.3 is 13.8 Å². The van der Waals surface area contributed by atoms with Crippen LogP contribution in [0.15, 0.2) is 47.1 Å². The first-order valence-electron chi connectivity index (χ1n) is 8.62. The highest BCUT2D eigenvalue weighted by Crippen LogP contribution is 2.19. The van der Waals surface area contributed by atoms with Gasteiger partial charge in [0.15, 0.2) is 6.61 Å². The van der Waals surface area contributed by atoms with Crippen LogP contribution in [0, 0.1) is 0 Å². The number of nitrogens with one attached hydrogen (secondary N) is 1. The van der Waals surface area contributed by atoms with Crippen LogP contribution in [0.4, 0.5) is 0 Å². The molecule has 0 saturated heterocycles. The standard InChI is InChI=1S/C19H17ClN4O5/c1-24-10-2-3-14(24)19(27)21-15(25)11-28-17(26)9-8-16-22-18(23-29-16)12-4-6-13(20)7-5-12/h2-7,10H,8-9,11H2,1H3,(H,21,25,27). The average molecular weight is 417 g/mol. The van der Waals surface area contributed by atoms with Crippen molar-refractivity contribution < 1.29 is 23.6 Å². The second-order valence-electron chi connectivity index (χ2n) is 6.06. The van der Waals surface area contributed by atoms with Crippen LogP contribution in [0.2, 0.25) is 5.02 Å². The molecule has 10 heteroatoms. The van der Waals surface area contributed by atoms with Gasteiger partial charge in [0.05, 0.1) is 6.42 Å². The Hall–Kier alpha value is -3.46. The first-order valence-corrected chi connectivity index (χ1v) is 9.00. The molecule has 0 aliphatic rings. The van der Waals surface area contributed by atoms with Gasteiger partial charge in [-0.1, -0.05) is 16.8 Å². The van der Waals surface area contributed by atoms with E-state index in [0.29, 0.717) is 16.5 Å². The average Bonchev–Trinajstić information content (AvgIpc) is 3.34. The Balaban J connectivity index is 1.42. The number of hydrogen-bond donors (Lipinski definition) is 1. The van der Waals surface area contributed by atoms with Gasteiger partial charge in [-0.15, -0.1) is 0 Å². The molecule has 2 aromatic heterocycles. The van der Waals surface area contributed by atoms with E-state index >= 15 is 0 Å². The molecular formula is C19H17ClN4O5. The number of esters is 1. The quantitative estimate of drug-likeness (QED) is 0.586. The van der Waals surface area contributed by atoms with E-state index in [-0.39, 0.29) is 18.7 Å². The number of hydrogen-bond acceptors (Lipinski definition) is 7. The topological polar surface area (TPSA) is 116 Å². The molecule has 1 aromatic carbocycles. The molecule has 0 unspecified atom stereocenters. The zero-order valence-corrected chi connectivity index (χ0v) is 16.2. The van der Waals surface area contributed by atoms with Crippen molar-refractivity contribution in [3.63, 3.8) is 0 Å². The first kappa shape index (κ1) is 20.3. The maximum atomic E-state index is 11.9. The fourth-order valence-corrected chi connectivity index (χ4v) is 2.55. The second-order valence-corrected chi connectivity index (χ2v) is 6.50.